The molecule has 0 bridgehead atoms. The van der Waals surface area contributed by atoms with Gasteiger partial charge in [0.05, 0.1) is 18.1 Å². The third kappa shape index (κ3) is 4.21. The van der Waals surface area contributed by atoms with Gasteiger partial charge in [-0.2, -0.15) is 0 Å². The Morgan fingerprint density at radius 2 is 1.90 bits per heavy atom. The number of aryl methyl sites for hydroxylation is 3. The second-order valence-corrected chi connectivity index (χ2v) is 6.91. The number of rotatable bonds is 7. The second kappa shape index (κ2) is 8.30. The Hall–Kier alpha value is -3.42. The van der Waals surface area contributed by atoms with Gasteiger partial charge in [-0.3, -0.25) is 4.79 Å². The summed E-state index contributed by atoms with van der Waals surface area (Å²) in [5.41, 5.74) is 4.74. The number of aromatic carboxylic acids is 1. The number of ether oxygens (including phenoxy) is 1. The zero-order chi connectivity index (χ0) is 21.1. The van der Waals surface area contributed by atoms with Crippen LogP contribution in [0.1, 0.15) is 39.2 Å². The molecular formula is C21H24N4O4. The highest BCUT2D eigenvalue weighted by Crippen LogP contribution is 2.30. The molecular weight excluding hydrogens is 372 g/mol. The predicted molar refractivity (Wildman–Crippen MR) is 108 cm³/mol. The van der Waals surface area contributed by atoms with Crippen molar-refractivity contribution < 1.29 is 19.4 Å². The van der Waals surface area contributed by atoms with Gasteiger partial charge in [-0.25, -0.2) is 14.5 Å². The van der Waals surface area contributed by atoms with Crippen molar-refractivity contribution in [1.29, 1.82) is 0 Å². The number of benzene rings is 1. The molecule has 0 aliphatic carbocycles. The number of aromatic nitrogens is 3. The molecule has 8 heteroatoms. The number of methoxy groups -OCH3 is 1. The summed E-state index contributed by atoms with van der Waals surface area (Å²) in [5, 5.41) is 17.0. The minimum Gasteiger partial charge on any atom is -0.479 e. The highest BCUT2D eigenvalue weighted by atomic mass is 16.5. The average molecular weight is 396 g/mol. The summed E-state index contributed by atoms with van der Waals surface area (Å²) in [6, 6.07) is 6.45. The van der Waals surface area contributed by atoms with Crippen molar-refractivity contribution in [2.24, 2.45) is 7.05 Å². The molecule has 2 aromatic heterocycles. The van der Waals surface area contributed by atoms with Crippen molar-refractivity contribution in [2.45, 2.75) is 33.2 Å². The average Bonchev–Trinajstić information content (AvgIpc) is 3.02. The highest BCUT2D eigenvalue weighted by Gasteiger charge is 2.18. The number of fused-ring (bicyclic) bond motifs is 1. The molecule has 0 unspecified atom stereocenters. The molecule has 0 aliphatic rings. The maximum Gasteiger partial charge on any atom is 0.335 e. The number of hydrogen-bond donors (Lipinski definition) is 2. The summed E-state index contributed by atoms with van der Waals surface area (Å²) in [6.07, 6.45) is 0.882. The van der Waals surface area contributed by atoms with Crippen LogP contribution in [-0.2, 0) is 24.8 Å². The molecule has 0 saturated carbocycles. The summed E-state index contributed by atoms with van der Waals surface area (Å²) in [5.74, 6) is -0.519. The maximum absolute atomic E-state index is 12.3. The van der Waals surface area contributed by atoms with Gasteiger partial charge in [-0.15, -0.1) is 5.10 Å². The van der Waals surface area contributed by atoms with Crippen molar-refractivity contribution in [3.05, 3.63) is 52.2 Å². The van der Waals surface area contributed by atoms with Crippen molar-refractivity contribution in [1.82, 2.24) is 20.1 Å². The molecule has 0 atom stereocenters. The minimum absolute atomic E-state index is 0.0793. The van der Waals surface area contributed by atoms with Crippen LogP contribution >= 0.6 is 0 Å². The van der Waals surface area contributed by atoms with Crippen LogP contribution in [0.5, 0.6) is 5.88 Å². The third-order valence-corrected chi connectivity index (χ3v) is 5.01. The van der Waals surface area contributed by atoms with Crippen LogP contribution in [0.3, 0.4) is 0 Å². The summed E-state index contributed by atoms with van der Waals surface area (Å²) in [6.45, 7) is 4.28. The molecule has 8 nitrogen and oxygen atoms in total. The van der Waals surface area contributed by atoms with Crippen LogP contribution in [0, 0.1) is 13.8 Å². The van der Waals surface area contributed by atoms with Gasteiger partial charge in [0.25, 0.3) is 0 Å². The first-order valence-corrected chi connectivity index (χ1v) is 9.27. The lowest BCUT2D eigenvalue weighted by atomic mass is 10.00. The Kier molecular flexibility index (Phi) is 5.81. The van der Waals surface area contributed by atoms with Crippen LogP contribution < -0.4 is 10.1 Å². The molecule has 3 rings (SSSR count). The largest absolute Gasteiger partial charge is 0.479 e. The number of hydrogen-bond acceptors (Lipinski definition) is 5. The van der Waals surface area contributed by atoms with E-state index in [4.69, 9.17) is 9.84 Å². The molecule has 152 valence electrons. The molecule has 0 fully saturated rings. The Morgan fingerprint density at radius 1 is 1.21 bits per heavy atom. The van der Waals surface area contributed by atoms with Gasteiger partial charge >= 0.3 is 5.97 Å². The lowest BCUT2D eigenvalue weighted by Gasteiger charge is -2.11. The van der Waals surface area contributed by atoms with Crippen LogP contribution in [0.15, 0.2) is 24.3 Å². The van der Waals surface area contributed by atoms with Crippen molar-refractivity contribution in [2.75, 3.05) is 7.11 Å². The highest BCUT2D eigenvalue weighted by molar-refractivity contribution is 5.88. The van der Waals surface area contributed by atoms with E-state index in [1.165, 1.54) is 12.1 Å². The van der Waals surface area contributed by atoms with Crippen LogP contribution in [0.25, 0.3) is 11.0 Å². The van der Waals surface area contributed by atoms with Crippen LogP contribution in [0.2, 0.25) is 0 Å². The molecule has 0 spiro atoms. The summed E-state index contributed by atoms with van der Waals surface area (Å²) in [7, 11) is 3.41. The SMILES string of the molecule is COc1nn(C)c2nc(C)c(CCC(=O)NCc3ccc(C(=O)O)cc3)c(C)c12. The zero-order valence-electron chi connectivity index (χ0n) is 16.9. The smallest absolute Gasteiger partial charge is 0.335 e. The Balaban J connectivity index is 1.67. The Morgan fingerprint density at radius 3 is 2.52 bits per heavy atom. The van der Waals surface area contributed by atoms with E-state index in [0.29, 0.717) is 25.3 Å². The van der Waals surface area contributed by atoms with Crippen LogP contribution in [0.4, 0.5) is 0 Å². The van der Waals surface area contributed by atoms with Gasteiger partial charge in [-0.1, -0.05) is 12.1 Å². The maximum atomic E-state index is 12.3. The van der Waals surface area contributed by atoms with E-state index in [9.17, 15) is 9.59 Å². The molecule has 2 N–H and O–H groups in total. The first-order chi connectivity index (χ1) is 13.8. The number of carbonyl (C=O) groups excluding carboxylic acids is 1. The monoisotopic (exact) mass is 396 g/mol. The number of nitrogens with one attached hydrogen (secondary N) is 1. The van der Waals surface area contributed by atoms with E-state index in [1.807, 2.05) is 20.9 Å². The van der Waals surface area contributed by atoms with Crippen molar-refractivity contribution in [3.63, 3.8) is 0 Å². The molecule has 29 heavy (non-hydrogen) atoms. The predicted octanol–water partition coefficient (Wildman–Crippen LogP) is 2.54. The van der Waals surface area contributed by atoms with E-state index < -0.39 is 5.97 Å². The first kappa shape index (κ1) is 20.3. The Labute approximate surface area is 168 Å². The third-order valence-electron chi connectivity index (χ3n) is 5.01. The summed E-state index contributed by atoms with van der Waals surface area (Å²) >= 11 is 0. The number of nitrogens with zero attached hydrogens (tertiary/aromatic N) is 3. The molecule has 3 aromatic rings. The van der Waals surface area contributed by atoms with Crippen molar-refractivity contribution >= 4 is 22.9 Å². The number of carboxylic acid groups (broad SMARTS) is 1. The molecule has 0 saturated heterocycles. The first-order valence-electron chi connectivity index (χ1n) is 9.27. The topological polar surface area (TPSA) is 106 Å². The van der Waals surface area contributed by atoms with E-state index in [2.05, 4.69) is 15.4 Å². The van der Waals surface area contributed by atoms with Gasteiger partial charge in [0, 0.05) is 25.7 Å². The molecule has 1 amide bonds. The minimum atomic E-state index is -0.970. The van der Waals surface area contributed by atoms with E-state index in [1.54, 1.807) is 23.9 Å². The quantitative estimate of drug-likeness (QED) is 0.636. The number of amides is 1. The van der Waals surface area contributed by atoms with Gasteiger partial charge in [0.2, 0.25) is 11.8 Å². The van der Waals surface area contributed by atoms with E-state index >= 15 is 0 Å². The Bertz CT molecular complexity index is 1070. The molecule has 0 radical (unpaired) electrons. The summed E-state index contributed by atoms with van der Waals surface area (Å²) in [4.78, 5) is 27.8. The lowest BCUT2D eigenvalue weighted by Crippen LogP contribution is -2.23. The second-order valence-electron chi connectivity index (χ2n) is 6.91. The van der Waals surface area contributed by atoms with Gasteiger partial charge in [0.15, 0.2) is 5.65 Å². The fourth-order valence-corrected chi connectivity index (χ4v) is 3.40. The molecule has 1 aromatic carbocycles. The van der Waals surface area contributed by atoms with Gasteiger partial charge < -0.3 is 15.2 Å². The van der Waals surface area contributed by atoms with Gasteiger partial charge in [0.1, 0.15) is 0 Å². The summed E-state index contributed by atoms with van der Waals surface area (Å²) < 4.78 is 7.07. The van der Waals surface area contributed by atoms with Gasteiger partial charge in [-0.05, 0) is 49.1 Å². The standard InChI is InChI=1S/C21H24N4O4/c1-12-16(13(2)23-19-18(12)20(29-4)24-25(19)3)9-10-17(26)22-11-14-5-7-15(8-6-14)21(27)28/h5-8H,9-11H2,1-4H3,(H,22,26)(H,27,28). The van der Waals surface area contributed by atoms with Crippen LogP contribution in [-0.4, -0.2) is 38.9 Å². The normalized spacial score (nSPS) is 10.9. The number of carbonyl (C=O) groups is 2. The zero-order valence-corrected chi connectivity index (χ0v) is 16.9. The van der Waals surface area contributed by atoms with E-state index in [0.717, 1.165) is 33.4 Å². The fourth-order valence-electron chi connectivity index (χ4n) is 3.40. The molecule has 2 heterocycles. The number of pyridine rings is 1. The fraction of sp³-hybridized carbons (Fsp3) is 0.333. The van der Waals surface area contributed by atoms with E-state index in [-0.39, 0.29) is 11.5 Å². The number of carboxylic acids is 1. The van der Waals surface area contributed by atoms with Crippen molar-refractivity contribution in [3.8, 4) is 5.88 Å². The molecule has 0 aliphatic heterocycles. The lowest BCUT2D eigenvalue weighted by molar-refractivity contribution is -0.121.